The molecule has 1 aliphatic heterocycles. The molecule has 0 atom stereocenters. The molecule has 7 nitrogen and oxygen atoms in total. The Morgan fingerprint density at radius 3 is 2.57 bits per heavy atom. The largest absolute Gasteiger partial charge is 0.484 e. The molecule has 0 aromatic heterocycles. The SMILES string of the molecule is CC(=O)NC1=NC(=O)/C(=C/c2ccc(OCC(=O)Nc3cc(Cl)ccc3Cl)cc2)S1. The summed E-state index contributed by atoms with van der Waals surface area (Å²) in [6, 6.07) is 11.6. The van der Waals surface area contributed by atoms with Gasteiger partial charge in [-0.25, -0.2) is 0 Å². The normalized spacial score (nSPS) is 14.4. The number of hydrogen-bond donors (Lipinski definition) is 2. The third-order valence-corrected chi connectivity index (χ3v) is 5.12. The van der Waals surface area contributed by atoms with Crippen LogP contribution in [0.2, 0.25) is 10.0 Å². The van der Waals surface area contributed by atoms with E-state index in [1.54, 1.807) is 48.5 Å². The molecule has 154 valence electrons. The third kappa shape index (κ3) is 6.09. The lowest BCUT2D eigenvalue weighted by Crippen LogP contribution is -2.23. The first-order valence-corrected chi connectivity index (χ1v) is 10.2. The molecule has 0 unspecified atom stereocenters. The Morgan fingerprint density at radius 1 is 1.13 bits per heavy atom. The van der Waals surface area contributed by atoms with Crippen molar-refractivity contribution >= 4 is 69.6 Å². The van der Waals surface area contributed by atoms with E-state index in [4.69, 9.17) is 27.9 Å². The number of ether oxygens (including phenoxy) is 1. The Hall–Kier alpha value is -2.81. The number of rotatable bonds is 5. The molecule has 0 bridgehead atoms. The number of hydrogen-bond acceptors (Lipinski definition) is 5. The van der Waals surface area contributed by atoms with Crippen molar-refractivity contribution in [3.63, 3.8) is 0 Å². The van der Waals surface area contributed by atoms with Crippen molar-refractivity contribution < 1.29 is 19.1 Å². The van der Waals surface area contributed by atoms with Gasteiger partial charge in [-0.05, 0) is 53.7 Å². The van der Waals surface area contributed by atoms with Crippen LogP contribution < -0.4 is 15.4 Å². The molecule has 1 heterocycles. The number of amidine groups is 1. The average Bonchev–Trinajstić information content (AvgIpc) is 3.02. The first-order valence-electron chi connectivity index (χ1n) is 8.58. The Kier molecular flexibility index (Phi) is 7.15. The minimum Gasteiger partial charge on any atom is -0.484 e. The minimum atomic E-state index is -0.416. The lowest BCUT2D eigenvalue weighted by Gasteiger charge is -2.09. The van der Waals surface area contributed by atoms with Crippen LogP contribution in [0.1, 0.15) is 12.5 Å². The van der Waals surface area contributed by atoms with E-state index in [0.717, 1.165) is 17.3 Å². The zero-order valence-electron chi connectivity index (χ0n) is 15.6. The summed E-state index contributed by atoms with van der Waals surface area (Å²) in [4.78, 5) is 39.2. The van der Waals surface area contributed by atoms with E-state index in [9.17, 15) is 14.4 Å². The number of aliphatic imine (C=N–C) groups is 1. The Bertz CT molecular complexity index is 1070. The van der Waals surface area contributed by atoms with E-state index >= 15 is 0 Å². The lowest BCUT2D eigenvalue weighted by atomic mass is 10.2. The highest BCUT2D eigenvalue weighted by atomic mass is 35.5. The van der Waals surface area contributed by atoms with Gasteiger partial charge in [-0.15, -0.1) is 0 Å². The lowest BCUT2D eigenvalue weighted by molar-refractivity contribution is -0.118. The quantitative estimate of drug-likeness (QED) is 0.649. The predicted octanol–water partition coefficient (Wildman–Crippen LogP) is 4.12. The van der Waals surface area contributed by atoms with Crippen LogP contribution in [0, 0.1) is 0 Å². The highest BCUT2D eigenvalue weighted by Crippen LogP contribution is 2.28. The van der Waals surface area contributed by atoms with Gasteiger partial charge in [-0.1, -0.05) is 35.3 Å². The fourth-order valence-corrected chi connectivity index (χ4v) is 3.55. The predicted molar refractivity (Wildman–Crippen MR) is 119 cm³/mol. The minimum absolute atomic E-state index is 0.217. The molecule has 0 fully saturated rings. The summed E-state index contributed by atoms with van der Waals surface area (Å²) in [5.74, 6) is -0.620. The van der Waals surface area contributed by atoms with E-state index in [1.165, 1.54) is 6.92 Å². The number of amides is 3. The summed E-state index contributed by atoms with van der Waals surface area (Å²) in [6.07, 6.45) is 1.66. The van der Waals surface area contributed by atoms with E-state index in [2.05, 4.69) is 15.6 Å². The average molecular weight is 464 g/mol. The molecule has 10 heteroatoms. The van der Waals surface area contributed by atoms with Gasteiger partial charge in [-0.2, -0.15) is 4.99 Å². The maximum atomic E-state index is 12.1. The molecule has 0 saturated carbocycles. The van der Waals surface area contributed by atoms with Crippen LogP contribution in [0.25, 0.3) is 6.08 Å². The van der Waals surface area contributed by atoms with Gasteiger partial charge in [0, 0.05) is 11.9 Å². The zero-order valence-corrected chi connectivity index (χ0v) is 17.9. The number of nitrogens with one attached hydrogen (secondary N) is 2. The summed E-state index contributed by atoms with van der Waals surface area (Å²) >= 11 is 13.0. The van der Waals surface area contributed by atoms with Crippen LogP contribution in [-0.2, 0) is 14.4 Å². The molecule has 2 aromatic rings. The molecular formula is C20H15Cl2N3O4S. The molecule has 0 aliphatic carbocycles. The first-order chi connectivity index (χ1) is 14.3. The number of benzene rings is 2. The van der Waals surface area contributed by atoms with Crippen molar-refractivity contribution in [1.82, 2.24) is 5.32 Å². The van der Waals surface area contributed by atoms with Gasteiger partial charge in [0.25, 0.3) is 11.8 Å². The fourth-order valence-electron chi connectivity index (χ4n) is 2.35. The van der Waals surface area contributed by atoms with Gasteiger partial charge >= 0.3 is 0 Å². The van der Waals surface area contributed by atoms with Crippen molar-refractivity contribution in [2.75, 3.05) is 11.9 Å². The molecule has 1 aliphatic rings. The van der Waals surface area contributed by atoms with E-state index in [1.807, 2.05) is 0 Å². The molecule has 30 heavy (non-hydrogen) atoms. The van der Waals surface area contributed by atoms with Crippen LogP contribution >= 0.6 is 35.0 Å². The Balaban J connectivity index is 1.55. The summed E-state index contributed by atoms with van der Waals surface area (Å²) in [5.41, 5.74) is 1.15. The number of carbonyl (C=O) groups excluding carboxylic acids is 3. The second-order valence-electron chi connectivity index (χ2n) is 6.04. The van der Waals surface area contributed by atoms with Crippen molar-refractivity contribution in [1.29, 1.82) is 0 Å². The molecule has 3 amide bonds. The molecule has 0 radical (unpaired) electrons. The Labute approximate surface area is 186 Å². The van der Waals surface area contributed by atoms with Gasteiger partial charge in [0.2, 0.25) is 5.91 Å². The maximum Gasteiger partial charge on any atom is 0.286 e. The highest BCUT2D eigenvalue weighted by molar-refractivity contribution is 8.18. The number of halogens is 2. The molecule has 2 aromatic carbocycles. The standard InChI is InChI=1S/C20H15Cl2N3O4S/c1-11(26)23-20-25-19(28)17(30-20)8-12-2-5-14(6-3-12)29-10-18(27)24-16-9-13(21)4-7-15(16)22/h2-9H,10H2,1H3,(H,24,27)(H,23,25,26,28)/b17-8-. The summed E-state index contributed by atoms with van der Waals surface area (Å²) < 4.78 is 5.47. The Morgan fingerprint density at radius 2 is 1.87 bits per heavy atom. The van der Waals surface area contributed by atoms with Gasteiger partial charge in [-0.3, -0.25) is 14.4 Å². The van der Waals surface area contributed by atoms with Crippen molar-refractivity contribution in [2.24, 2.45) is 4.99 Å². The van der Waals surface area contributed by atoms with Crippen LogP contribution in [-0.4, -0.2) is 29.5 Å². The van der Waals surface area contributed by atoms with Gasteiger partial charge in [0.1, 0.15) is 5.75 Å². The van der Waals surface area contributed by atoms with Crippen molar-refractivity contribution in [3.8, 4) is 5.75 Å². The molecule has 0 saturated heterocycles. The number of nitrogens with zero attached hydrogens (tertiary/aromatic N) is 1. The van der Waals surface area contributed by atoms with Gasteiger partial charge in [0.15, 0.2) is 11.8 Å². The van der Waals surface area contributed by atoms with Crippen LogP contribution in [0.4, 0.5) is 5.69 Å². The molecule has 2 N–H and O–H groups in total. The van der Waals surface area contributed by atoms with E-state index < -0.39 is 5.91 Å². The topological polar surface area (TPSA) is 96.9 Å². The zero-order chi connectivity index (χ0) is 21.7. The van der Waals surface area contributed by atoms with E-state index in [-0.39, 0.29) is 23.6 Å². The molecule has 0 spiro atoms. The number of carbonyl (C=O) groups is 3. The van der Waals surface area contributed by atoms with Crippen molar-refractivity contribution in [2.45, 2.75) is 6.92 Å². The van der Waals surface area contributed by atoms with Crippen LogP contribution in [0.15, 0.2) is 52.4 Å². The number of anilines is 1. The highest BCUT2D eigenvalue weighted by Gasteiger charge is 2.22. The smallest absolute Gasteiger partial charge is 0.286 e. The van der Waals surface area contributed by atoms with E-state index in [0.29, 0.717) is 26.4 Å². The third-order valence-electron chi connectivity index (χ3n) is 3.65. The maximum absolute atomic E-state index is 12.1. The first kappa shape index (κ1) is 21.9. The monoisotopic (exact) mass is 463 g/mol. The fraction of sp³-hybridized carbons (Fsp3) is 0.100. The summed E-state index contributed by atoms with van der Waals surface area (Å²) in [6.45, 7) is 1.13. The number of thioether (sulfide) groups is 1. The van der Waals surface area contributed by atoms with Gasteiger partial charge < -0.3 is 15.4 Å². The second kappa shape index (κ2) is 9.80. The van der Waals surface area contributed by atoms with Crippen LogP contribution in [0.3, 0.4) is 0 Å². The van der Waals surface area contributed by atoms with Crippen molar-refractivity contribution in [3.05, 3.63) is 63.0 Å². The van der Waals surface area contributed by atoms with Gasteiger partial charge in [0.05, 0.1) is 15.6 Å². The molecule has 3 rings (SSSR count). The summed E-state index contributed by atoms with van der Waals surface area (Å²) in [7, 11) is 0. The second-order valence-corrected chi connectivity index (χ2v) is 7.92. The summed E-state index contributed by atoms with van der Waals surface area (Å²) in [5, 5.41) is 6.19. The molecular weight excluding hydrogens is 449 g/mol. The van der Waals surface area contributed by atoms with Crippen LogP contribution in [0.5, 0.6) is 5.75 Å².